The van der Waals surface area contributed by atoms with E-state index in [4.69, 9.17) is 6.57 Å². The van der Waals surface area contributed by atoms with Crippen molar-refractivity contribution in [2.75, 3.05) is 0 Å². The van der Waals surface area contributed by atoms with E-state index in [9.17, 15) is 5.26 Å². The molecule has 0 N–H and O–H groups in total. The molecule has 0 unspecified atom stereocenters. The van der Waals surface area contributed by atoms with Crippen molar-refractivity contribution in [2.24, 2.45) is 0 Å². The Morgan fingerprint density at radius 1 is 0.400 bits per heavy atom. The molecule has 11 aromatic rings. The maximum atomic E-state index is 9.65. The van der Waals surface area contributed by atoms with Gasteiger partial charge >= 0.3 is 0 Å². The summed E-state index contributed by atoms with van der Waals surface area (Å²) in [6.07, 6.45) is 0. The molecule has 0 aliphatic rings. The number of para-hydroxylation sites is 4. The van der Waals surface area contributed by atoms with Gasteiger partial charge in [0.2, 0.25) is 0 Å². The van der Waals surface area contributed by atoms with Gasteiger partial charge in [0.25, 0.3) is 0 Å². The number of benzene rings is 8. The van der Waals surface area contributed by atoms with Crippen molar-refractivity contribution in [2.45, 2.75) is 0 Å². The fourth-order valence-corrected chi connectivity index (χ4v) is 8.68. The van der Waals surface area contributed by atoms with Gasteiger partial charge in [0, 0.05) is 49.4 Å². The molecule has 55 heavy (non-hydrogen) atoms. The van der Waals surface area contributed by atoms with Crippen LogP contribution in [-0.2, 0) is 0 Å². The molecule has 0 amide bonds. The summed E-state index contributed by atoms with van der Waals surface area (Å²) in [6, 6.07) is 63.6. The van der Waals surface area contributed by atoms with E-state index < -0.39 is 0 Å². The van der Waals surface area contributed by atoms with Crippen molar-refractivity contribution in [3.8, 4) is 34.3 Å². The van der Waals surface area contributed by atoms with Crippen LogP contribution in [0.3, 0.4) is 0 Å². The molecule has 11 rings (SSSR count). The van der Waals surface area contributed by atoms with Crippen LogP contribution in [0.15, 0.2) is 176 Å². The lowest BCUT2D eigenvalue weighted by Gasteiger charge is -2.14. The average molecular weight is 700 g/mol. The number of nitrogens with zero attached hydrogens (tertiary/aromatic N) is 5. The van der Waals surface area contributed by atoms with Gasteiger partial charge in [-0.2, -0.15) is 5.26 Å². The first-order valence-electron chi connectivity index (χ1n) is 18.3. The second kappa shape index (κ2) is 11.8. The van der Waals surface area contributed by atoms with Gasteiger partial charge in [0.05, 0.1) is 51.3 Å². The summed E-state index contributed by atoms with van der Waals surface area (Å²) in [5.74, 6) is 0. The number of aromatic nitrogens is 3. The fourth-order valence-electron chi connectivity index (χ4n) is 8.68. The van der Waals surface area contributed by atoms with Crippen molar-refractivity contribution < 1.29 is 0 Å². The molecular formula is C50H29N5. The zero-order chi connectivity index (χ0) is 36.6. The largest absolute Gasteiger partial charge is 0.309 e. The first kappa shape index (κ1) is 30.7. The SMILES string of the molecule is [C-]#[N+]c1ccc(-n2c3ccccc3c3cc(-n4c5ccccc5c5cc(C#N)ccc54)ccc32)cc1-c1ccc(-n2c3ccccc3c3ccccc32)cc1. The monoisotopic (exact) mass is 699 g/mol. The summed E-state index contributed by atoms with van der Waals surface area (Å²) in [7, 11) is 0. The lowest BCUT2D eigenvalue weighted by molar-refractivity contribution is 1.16. The molecule has 8 aromatic carbocycles. The van der Waals surface area contributed by atoms with Crippen molar-refractivity contribution in [3.05, 3.63) is 193 Å². The lowest BCUT2D eigenvalue weighted by Crippen LogP contribution is -1.96. The van der Waals surface area contributed by atoms with Crippen LogP contribution in [-0.4, -0.2) is 13.7 Å². The maximum absolute atomic E-state index is 9.65. The number of hydrogen-bond donors (Lipinski definition) is 0. The van der Waals surface area contributed by atoms with Gasteiger partial charge in [0.15, 0.2) is 5.69 Å². The molecular weight excluding hydrogens is 671 g/mol. The Labute approximate surface area is 316 Å². The first-order chi connectivity index (χ1) is 27.2. The number of nitriles is 1. The molecule has 3 heterocycles. The highest BCUT2D eigenvalue weighted by atomic mass is 15.0. The van der Waals surface area contributed by atoms with E-state index in [1.54, 1.807) is 0 Å². The van der Waals surface area contributed by atoms with Gasteiger partial charge in [-0.05, 0) is 96.1 Å². The van der Waals surface area contributed by atoms with E-state index in [0.717, 1.165) is 71.8 Å². The van der Waals surface area contributed by atoms with Crippen molar-refractivity contribution in [1.82, 2.24) is 13.7 Å². The highest BCUT2D eigenvalue weighted by Gasteiger charge is 2.18. The van der Waals surface area contributed by atoms with E-state index in [1.165, 1.54) is 21.8 Å². The van der Waals surface area contributed by atoms with E-state index in [2.05, 4.69) is 182 Å². The first-order valence-corrected chi connectivity index (χ1v) is 18.3. The highest BCUT2D eigenvalue weighted by molar-refractivity contribution is 6.13. The highest BCUT2D eigenvalue weighted by Crippen LogP contribution is 2.40. The fraction of sp³-hybridized carbons (Fsp3) is 0. The Morgan fingerprint density at radius 2 is 0.818 bits per heavy atom. The Hall–Kier alpha value is -7.86. The second-order valence-corrected chi connectivity index (χ2v) is 14.0. The topological polar surface area (TPSA) is 42.9 Å². The van der Waals surface area contributed by atoms with E-state index in [1.807, 2.05) is 18.2 Å². The van der Waals surface area contributed by atoms with E-state index in [0.29, 0.717) is 11.3 Å². The van der Waals surface area contributed by atoms with Crippen LogP contribution in [0.5, 0.6) is 0 Å². The molecule has 0 radical (unpaired) electrons. The second-order valence-electron chi connectivity index (χ2n) is 14.0. The molecule has 0 saturated heterocycles. The molecule has 0 atom stereocenters. The summed E-state index contributed by atoms with van der Waals surface area (Å²) in [5.41, 5.74) is 12.9. The van der Waals surface area contributed by atoms with Crippen molar-refractivity contribution >= 4 is 71.1 Å². The predicted molar refractivity (Wildman–Crippen MR) is 226 cm³/mol. The molecule has 5 heteroatoms. The summed E-state index contributed by atoms with van der Waals surface area (Å²) >= 11 is 0. The smallest absolute Gasteiger partial charge is 0.195 e. The molecule has 254 valence electrons. The minimum absolute atomic E-state index is 0.613. The van der Waals surface area contributed by atoms with Gasteiger partial charge in [-0.3, -0.25) is 0 Å². The Kier molecular flexibility index (Phi) is 6.61. The summed E-state index contributed by atoms with van der Waals surface area (Å²) < 4.78 is 6.92. The molecule has 3 aromatic heterocycles. The molecule has 0 bridgehead atoms. The maximum Gasteiger partial charge on any atom is 0.195 e. The van der Waals surface area contributed by atoms with Crippen LogP contribution < -0.4 is 0 Å². The number of fused-ring (bicyclic) bond motifs is 9. The van der Waals surface area contributed by atoms with E-state index in [-0.39, 0.29) is 0 Å². The van der Waals surface area contributed by atoms with Crippen LogP contribution in [0, 0.1) is 17.9 Å². The Bertz CT molecular complexity index is 3400. The average Bonchev–Trinajstić information content (AvgIpc) is 3.89. The van der Waals surface area contributed by atoms with Crippen LogP contribution in [0.4, 0.5) is 5.69 Å². The minimum Gasteiger partial charge on any atom is -0.309 e. The summed E-state index contributed by atoms with van der Waals surface area (Å²) in [5, 5.41) is 16.6. The normalized spacial score (nSPS) is 11.6. The molecule has 5 nitrogen and oxygen atoms in total. The van der Waals surface area contributed by atoms with Gasteiger partial charge < -0.3 is 13.7 Å². The summed E-state index contributed by atoms with van der Waals surface area (Å²) in [4.78, 5) is 3.96. The predicted octanol–water partition coefficient (Wildman–Crippen LogP) is 13.1. The molecule has 0 aliphatic heterocycles. The quantitative estimate of drug-likeness (QED) is 0.169. The third kappa shape index (κ3) is 4.51. The summed E-state index contributed by atoms with van der Waals surface area (Å²) in [6.45, 7) is 8.10. The Balaban J connectivity index is 1.06. The zero-order valence-electron chi connectivity index (χ0n) is 29.5. The van der Waals surface area contributed by atoms with E-state index >= 15 is 0 Å². The lowest BCUT2D eigenvalue weighted by atomic mass is 10.0. The third-order valence-corrected chi connectivity index (χ3v) is 11.1. The number of hydrogen-bond acceptors (Lipinski definition) is 1. The van der Waals surface area contributed by atoms with Gasteiger partial charge in [0.1, 0.15) is 0 Å². The Morgan fingerprint density at radius 3 is 1.36 bits per heavy atom. The third-order valence-electron chi connectivity index (χ3n) is 11.1. The molecule has 0 aliphatic carbocycles. The van der Waals surface area contributed by atoms with Crippen LogP contribution in [0.2, 0.25) is 0 Å². The van der Waals surface area contributed by atoms with Crippen molar-refractivity contribution in [3.63, 3.8) is 0 Å². The van der Waals surface area contributed by atoms with Gasteiger partial charge in [-0.25, -0.2) is 4.85 Å². The van der Waals surface area contributed by atoms with Crippen molar-refractivity contribution in [1.29, 1.82) is 5.26 Å². The van der Waals surface area contributed by atoms with Crippen LogP contribution >= 0.6 is 0 Å². The number of rotatable bonds is 4. The van der Waals surface area contributed by atoms with Crippen LogP contribution in [0.25, 0.3) is 98.5 Å². The van der Waals surface area contributed by atoms with Gasteiger partial charge in [-0.1, -0.05) is 91.0 Å². The molecule has 0 spiro atoms. The standard InChI is InChI=1S/C50H29N5/c1-52-44-25-23-35(29-41(44)33-19-21-34(22-20-33)53-45-14-6-2-10-37(45)38-11-3-7-15-46(38)53)54-48-17-9-5-13-40(48)43-30-36(24-27-50(43)54)55-47-16-8-4-12-39(47)42-28-32(31-51)18-26-49(42)55/h2-30H. The minimum atomic E-state index is 0.613. The molecule has 0 fully saturated rings. The molecule has 0 saturated carbocycles. The zero-order valence-corrected chi connectivity index (χ0v) is 29.5. The van der Waals surface area contributed by atoms with Gasteiger partial charge in [-0.15, -0.1) is 0 Å². The van der Waals surface area contributed by atoms with Crippen LogP contribution in [0.1, 0.15) is 5.56 Å².